The lowest BCUT2D eigenvalue weighted by Crippen LogP contribution is -2.15. The van der Waals surface area contributed by atoms with Gasteiger partial charge >= 0.3 is 0 Å². The molecule has 0 aliphatic rings. The van der Waals surface area contributed by atoms with Gasteiger partial charge in [0.15, 0.2) is 4.34 Å². The van der Waals surface area contributed by atoms with Crippen molar-refractivity contribution in [1.29, 1.82) is 0 Å². The van der Waals surface area contributed by atoms with Crippen molar-refractivity contribution in [1.82, 2.24) is 10.2 Å². The summed E-state index contributed by atoms with van der Waals surface area (Å²) in [5.74, 6) is 1.76. The first kappa shape index (κ1) is 22.8. The van der Waals surface area contributed by atoms with Crippen molar-refractivity contribution < 1.29 is 9.53 Å². The molecule has 0 radical (unpaired) electrons. The van der Waals surface area contributed by atoms with E-state index in [2.05, 4.69) is 39.9 Å². The zero-order valence-electron chi connectivity index (χ0n) is 18.6. The van der Waals surface area contributed by atoms with E-state index in [0.717, 1.165) is 38.3 Å². The summed E-state index contributed by atoms with van der Waals surface area (Å²) in [6.45, 7) is 6.06. The van der Waals surface area contributed by atoms with E-state index in [1.54, 1.807) is 0 Å². The highest BCUT2D eigenvalue weighted by Gasteiger charge is 2.11. The summed E-state index contributed by atoms with van der Waals surface area (Å²) in [4.78, 5) is 12.4. The van der Waals surface area contributed by atoms with E-state index >= 15 is 0 Å². The molecule has 2 N–H and O–H groups in total. The molecule has 0 aliphatic heterocycles. The van der Waals surface area contributed by atoms with Gasteiger partial charge in [-0.15, -0.1) is 10.2 Å². The molecule has 0 saturated heterocycles. The summed E-state index contributed by atoms with van der Waals surface area (Å²) >= 11 is 2.78. The number of aryl methyl sites for hydroxylation is 3. The van der Waals surface area contributed by atoms with Gasteiger partial charge in [-0.2, -0.15) is 0 Å². The minimum absolute atomic E-state index is 0.0613. The standard InChI is InChI=1S/C25H24N4O2S2/c1-16-13-17(2)23(18(3)14-16)27-22(30)15-32-25-29-28-24(33-25)26-19-9-11-21(12-10-19)31-20-7-5-4-6-8-20/h4-14H,15H2,1-3H3,(H,26,28)(H,27,30). The number of thioether (sulfide) groups is 1. The van der Waals surface area contributed by atoms with E-state index in [1.165, 1.54) is 28.7 Å². The molecule has 0 aliphatic carbocycles. The lowest BCUT2D eigenvalue weighted by atomic mass is 10.1. The van der Waals surface area contributed by atoms with Crippen molar-refractivity contribution in [2.24, 2.45) is 0 Å². The van der Waals surface area contributed by atoms with Crippen LogP contribution in [0.15, 0.2) is 71.1 Å². The van der Waals surface area contributed by atoms with Gasteiger partial charge in [0, 0.05) is 11.4 Å². The number of nitrogens with zero attached hydrogens (tertiary/aromatic N) is 2. The first-order valence-corrected chi connectivity index (χ1v) is 12.2. The van der Waals surface area contributed by atoms with Crippen LogP contribution in [0.2, 0.25) is 0 Å². The molecule has 6 nitrogen and oxygen atoms in total. The van der Waals surface area contributed by atoms with Gasteiger partial charge < -0.3 is 15.4 Å². The number of para-hydroxylation sites is 1. The molecule has 1 aromatic heterocycles. The fraction of sp³-hybridized carbons (Fsp3) is 0.160. The second-order valence-corrected chi connectivity index (χ2v) is 9.75. The Bertz CT molecular complexity index is 1220. The molecule has 0 fully saturated rings. The molecule has 0 bridgehead atoms. The number of carbonyl (C=O) groups is 1. The second-order valence-electron chi connectivity index (χ2n) is 7.55. The van der Waals surface area contributed by atoms with Crippen LogP contribution in [0.25, 0.3) is 0 Å². The van der Waals surface area contributed by atoms with Gasteiger partial charge in [0.2, 0.25) is 11.0 Å². The number of rotatable bonds is 8. The molecule has 0 spiro atoms. The third kappa shape index (κ3) is 6.34. The lowest BCUT2D eigenvalue weighted by Gasteiger charge is -2.12. The average molecular weight is 477 g/mol. The molecule has 168 valence electrons. The lowest BCUT2D eigenvalue weighted by molar-refractivity contribution is -0.113. The fourth-order valence-corrected chi connectivity index (χ4v) is 4.93. The minimum Gasteiger partial charge on any atom is -0.457 e. The average Bonchev–Trinajstić information content (AvgIpc) is 3.24. The summed E-state index contributed by atoms with van der Waals surface area (Å²) in [7, 11) is 0. The van der Waals surface area contributed by atoms with Crippen molar-refractivity contribution in [3.8, 4) is 11.5 Å². The Morgan fingerprint density at radius 2 is 1.61 bits per heavy atom. The highest BCUT2D eigenvalue weighted by molar-refractivity contribution is 8.01. The Labute approximate surface area is 201 Å². The van der Waals surface area contributed by atoms with Crippen LogP contribution in [0, 0.1) is 20.8 Å². The maximum absolute atomic E-state index is 12.4. The molecule has 8 heteroatoms. The number of benzene rings is 3. The molecule has 4 rings (SSSR count). The van der Waals surface area contributed by atoms with E-state index in [1.807, 2.05) is 68.4 Å². The largest absolute Gasteiger partial charge is 0.457 e. The monoisotopic (exact) mass is 476 g/mol. The number of ether oxygens (including phenoxy) is 1. The van der Waals surface area contributed by atoms with Crippen molar-refractivity contribution in [3.05, 3.63) is 83.4 Å². The summed E-state index contributed by atoms with van der Waals surface area (Å²) in [6, 6.07) is 21.4. The van der Waals surface area contributed by atoms with E-state index < -0.39 is 0 Å². The van der Waals surface area contributed by atoms with Gasteiger partial charge in [-0.1, -0.05) is 59.0 Å². The SMILES string of the molecule is Cc1cc(C)c(NC(=O)CSc2nnc(Nc3ccc(Oc4ccccc4)cc3)s2)c(C)c1. The zero-order chi connectivity index (χ0) is 23.2. The molecule has 0 saturated carbocycles. The minimum atomic E-state index is -0.0613. The number of anilines is 3. The van der Waals surface area contributed by atoms with Crippen LogP contribution in [0.3, 0.4) is 0 Å². The summed E-state index contributed by atoms with van der Waals surface area (Å²) in [5.41, 5.74) is 5.07. The Morgan fingerprint density at radius 3 is 2.30 bits per heavy atom. The van der Waals surface area contributed by atoms with Gasteiger partial charge in [-0.05, 0) is 68.3 Å². The van der Waals surface area contributed by atoms with Gasteiger partial charge in [0.25, 0.3) is 0 Å². The number of aromatic nitrogens is 2. The number of amides is 1. The maximum Gasteiger partial charge on any atom is 0.234 e. The summed E-state index contributed by atoms with van der Waals surface area (Å²) in [6.07, 6.45) is 0. The number of hydrogen-bond donors (Lipinski definition) is 2. The first-order valence-electron chi connectivity index (χ1n) is 10.4. The van der Waals surface area contributed by atoms with Crippen molar-refractivity contribution in [2.75, 3.05) is 16.4 Å². The molecular weight excluding hydrogens is 452 g/mol. The molecule has 1 amide bonds. The number of carbonyl (C=O) groups excluding carboxylic acids is 1. The molecule has 1 heterocycles. The summed E-state index contributed by atoms with van der Waals surface area (Å²) in [5, 5.41) is 15.3. The zero-order valence-corrected chi connectivity index (χ0v) is 20.2. The molecule has 4 aromatic rings. The van der Waals surface area contributed by atoms with Crippen LogP contribution >= 0.6 is 23.1 Å². The van der Waals surface area contributed by atoms with E-state index in [-0.39, 0.29) is 11.7 Å². The van der Waals surface area contributed by atoms with Crippen molar-refractivity contribution in [2.45, 2.75) is 25.1 Å². The van der Waals surface area contributed by atoms with Crippen LogP contribution < -0.4 is 15.4 Å². The van der Waals surface area contributed by atoms with Gasteiger partial charge in [0.05, 0.1) is 5.75 Å². The van der Waals surface area contributed by atoms with Crippen LogP contribution in [0.4, 0.5) is 16.5 Å². The topological polar surface area (TPSA) is 76.1 Å². The van der Waals surface area contributed by atoms with Crippen LogP contribution in [-0.2, 0) is 4.79 Å². The Balaban J connectivity index is 1.29. The smallest absolute Gasteiger partial charge is 0.234 e. The second kappa shape index (κ2) is 10.5. The fourth-order valence-electron chi connectivity index (χ4n) is 3.35. The predicted octanol–water partition coefficient (Wildman–Crippen LogP) is 6.73. The highest BCUT2D eigenvalue weighted by atomic mass is 32.2. The third-order valence-electron chi connectivity index (χ3n) is 4.76. The molecular formula is C25H24N4O2S2. The normalized spacial score (nSPS) is 10.6. The van der Waals surface area contributed by atoms with E-state index in [9.17, 15) is 4.79 Å². The molecule has 33 heavy (non-hydrogen) atoms. The number of nitrogens with one attached hydrogen (secondary N) is 2. The third-order valence-corrected chi connectivity index (χ3v) is 6.73. The Hall–Kier alpha value is -3.36. The molecule has 0 atom stereocenters. The quantitative estimate of drug-likeness (QED) is 0.275. The van der Waals surface area contributed by atoms with Gasteiger partial charge in [-0.25, -0.2) is 0 Å². The predicted molar refractivity (Wildman–Crippen MR) is 136 cm³/mol. The summed E-state index contributed by atoms with van der Waals surface area (Å²) < 4.78 is 6.54. The molecule has 3 aromatic carbocycles. The number of hydrogen-bond acceptors (Lipinski definition) is 7. The van der Waals surface area contributed by atoms with Gasteiger partial charge in [0.1, 0.15) is 11.5 Å². The van der Waals surface area contributed by atoms with E-state index in [0.29, 0.717) is 5.13 Å². The molecule has 0 unspecified atom stereocenters. The Morgan fingerprint density at radius 1 is 0.939 bits per heavy atom. The van der Waals surface area contributed by atoms with Crippen LogP contribution in [0.1, 0.15) is 16.7 Å². The first-order chi connectivity index (χ1) is 16.0. The van der Waals surface area contributed by atoms with Crippen molar-refractivity contribution in [3.63, 3.8) is 0 Å². The Kier molecular flexibility index (Phi) is 7.26. The van der Waals surface area contributed by atoms with Crippen molar-refractivity contribution >= 4 is 45.5 Å². The van der Waals surface area contributed by atoms with E-state index in [4.69, 9.17) is 4.74 Å². The highest BCUT2D eigenvalue weighted by Crippen LogP contribution is 2.29. The maximum atomic E-state index is 12.4. The van der Waals surface area contributed by atoms with Gasteiger partial charge in [-0.3, -0.25) is 4.79 Å². The van der Waals surface area contributed by atoms with Crippen LogP contribution in [-0.4, -0.2) is 21.9 Å². The van der Waals surface area contributed by atoms with Crippen LogP contribution in [0.5, 0.6) is 11.5 Å².